The van der Waals surface area contributed by atoms with Crippen molar-refractivity contribution in [2.24, 2.45) is 0 Å². The molecule has 2 aromatic carbocycles. The van der Waals surface area contributed by atoms with Crippen LogP contribution in [-0.2, 0) is 0 Å². The Morgan fingerprint density at radius 2 is 1.31 bits per heavy atom. The van der Waals surface area contributed by atoms with Gasteiger partial charge in [0.25, 0.3) is 0 Å². The van der Waals surface area contributed by atoms with Gasteiger partial charge in [-0.25, -0.2) is 0 Å². The van der Waals surface area contributed by atoms with Gasteiger partial charge in [-0.1, -0.05) is 19.1 Å². The molecule has 29 heavy (non-hydrogen) atoms. The summed E-state index contributed by atoms with van der Waals surface area (Å²) in [5.74, 6) is 0.572. The molecule has 1 unspecified atom stereocenters. The summed E-state index contributed by atoms with van der Waals surface area (Å²) in [4.78, 5) is 13.1. The van der Waals surface area contributed by atoms with Gasteiger partial charge >= 0.3 is 0 Å². The molecule has 0 saturated heterocycles. The standard InChI is InChI=1S/C24H32O5/c1-14(2)27-19-10-8-18(9-11-19)17(7)22(25)20-12-13-21(28-15(3)4)24(23(20)26)29-16(5)6/h8-17,26H,1-7H3. The van der Waals surface area contributed by atoms with Crippen molar-refractivity contribution in [1.29, 1.82) is 0 Å². The SMILES string of the molecule is CC(C)Oc1ccc(C(C)C(=O)c2ccc(OC(C)C)c(OC(C)C)c2O)cc1. The van der Waals surface area contributed by atoms with Gasteiger partial charge in [-0.2, -0.15) is 0 Å². The number of hydrogen-bond donors (Lipinski definition) is 1. The fraction of sp³-hybridized carbons (Fsp3) is 0.458. The highest BCUT2D eigenvalue weighted by atomic mass is 16.5. The fourth-order valence-electron chi connectivity index (χ4n) is 2.94. The molecule has 5 heteroatoms. The number of phenols is 1. The Morgan fingerprint density at radius 3 is 1.83 bits per heavy atom. The van der Waals surface area contributed by atoms with E-state index in [2.05, 4.69) is 0 Å². The highest BCUT2D eigenvalue weighted by Crippen LogP contribution is 2.42. The van der Waals surface area contributed by atoms with E-state index in [0.29, 0.717) is 5.75 Å². The molecule has 0 fully saturated rings. The van der Waals surface area contributed by atoms with Crippen LogP contribution < -0.4 is 14.2 Å². The first-order valence-electron chi connectivity index (χ1n) is 10.1. The summed E-state index contributed by atoms with van der Waals surface area (Å²) in [6.45, 7) is 13.3. The Labute approximate surface area is 173 Å². The summed E-state index contributed by atoms with van der Waals surface area (Å²) in [5, 5.41) is 10.8. The van der Waals surface area contributed by atoms with Crippen molar-refractivity contribution in [3.05, 3.63) is 47.5 Å². The number of Topliss-reactive ketones (excluding diaryl/α,β-unsaturated/α-hetero) is 1. The van der Waals surface area contributed by atoms with Gasteiger partial charge in [0.1, 0.15) is 5.75 Å². The van der Waals surface area contributed by atoms with Crippen LogP contribution in [-0.4, -0.2) is 29.2 Å². The Bertz CT molecular complexity index is 822. The van der Waals surface area contributed by atoms with Crippen LogP contribution in [0.15, 0.2) is 36.4 Å². The number of aromatic hydroxyl groups is 1. The van der Waals surface area contributed by atoms with E-state index in [0.717, 1.165) is 11.3 Å². The summed E-state index contributed by atoms with van der Waals surface area (Å²) in [7, 11) is 0. The third kappa shape index (κ3) is 5.89. The zero-order chi connectivity index (χ0) is 21.7. The molecule has 0 spiro atoms. The van der Waals surface area contributed by atoms with Crippen molar-refractivity contribution in [2.45, 2.75) is 72.7 Å². The molecule has 0 radical (unpaired) electrons. The zero-order valence-corrected chi connectivity index (χ0v) is 18.4. The molecule has 1 N–H and O–H groups in total. The minimum Gasteiger partial charge on any atom is -0.504 e. The summed E-state index contributed by atoms with van der Waals surface area (Å²) < 4.78 is 17.2. The number of ether oxygens (including phenoxy) is 3. The molecule has 5 nitrogen and oxygen atoms in total. The van der Waals surface area contributed by atoms with Gasteiger partial charge in [0.15, 0.2) is 17.3 Å². The number of benzene rings is 2. The van der Waals surface area contributed by atoms with Gasteiger partial charge in [-0.3, -0.25) is 4.79 Å². The van der Waals surface area contributed by atoms with Crippen LogP contribution in [0.25, 0.3) is 0 Å². The van der Waals surface area contributed by atoms with Gasteiger partial charge in [0.05, 0.1) is 23.9 Å². The maximum absolute atomic E-state index is 13.1. The highest BCUT2D eigenvalue weighted by molar-refractivity contribution is 6.03. The van der Waals surface area contributed by atoms with E-state index in [1.165, 1.54) is 0 Å². The van der Waals surface area contributed by atoms with Crippen molar-refractivity contribution >= 4 is 5.78 Å². The van der Waals surface area contributed by atoms with E-state index in [1.807, 2.05) is 72.7 Å². The normalized spacial score (nSPS) is 12.3. The van der Waals surface area contributed by atoms with Crippen LogP contribution in [0.3, 0.4) is 0 Å². The molecule has 1 atom stereocenters. The summed E-state index contributed by atoms with van der Waals surface area (Å²) >= 11 is 0. The second-order valence-electron chi connectivity index (χ2n) is 7.94. The smallest absolute Gasteiger partial charge is 0.204 e. The molecule has 0 aromatic heterocycles. The second kappa shape index (κ2) is 9.68. The third-order valence-corrected chi connectivity index (χ3v) is 4.22. The largest absolute Gasteiger partial charge is 0.504 e. The lowest BCUT2D eigenvalue weighted by Gasteiger charge is -2.20. The maximum Gasteiger partial charge on any atom is 0.204 e. The van der Waals surface area contributed by atoms with Crippen LogP contribution in [0.1, 0.15) is 70.3 Å². The number of hydrogen-bond acceptors (Lipinski definition) is 5. The molecule has 0 aliphatic rings. The first-order valence-corrected chi connectivity index (χ1v) is 10.1. The average molecular weight is 401 g/mol. The van der Waals surface area contributed by atoms with Gasteiger partial charge in [0, 0.05) is 5.92 Å². The molecule has 0 heterocycles. The molecule has 0 aliphatic carbocycles. The van der Waals surface area contributed by atoms with Crippen LogP contribution in [0, 0.1) is 0 Å². The monoisotopic (exact) mass is 400 g/mol. The zero-order valence-electron chi connectivity index (χ0n) is 18.4. The quantitative estimate of drug-likeness (QED) is 0.544. The minimum absolute atomic E-state index is 0.0859. The summed E-state index contributed by atoms with van der Waals surface area (Å²) in [5.41, 5.74) is 1.06. The maximum atomic E-state index is 13.1. The fourth-order valence-corrected chi connectivity index (χ4v) is 2.94. The molecule has 2 aromatic rings. The van der Waals surface area contributed by atoms with Crippen molar-refractivity contribution in [3.63, 3.8) is 0 Å². The molecular weight excluding hydrogens is 368 g/mol. The Kier molecular flexibility index (Phi) is 7.54. The van der Waals surface area contributed by atoms with Crippen molar-refractivity contribution < 1.29 is 24.1 Å². The Morgan fingerprint density at radius 1 is 0.759 bits per heavy atom. The van der Waals surface area contributed by atoms with E-state index in [4.69, 9.17) is 14.2 Å². The second-order valence-corrected chi connectivity index (χ2v) is 7.94. The van der Waals surface area contributed by atoms with E-state index >= 15 is 0 Å². The molecule has 0 aliphatic heterocycles. The molecule has 2 rings (SSSR count). The van der Waals surface area contributed by atoms with Crippen LogP contribution in [0.5, 0.6) is 23.0 Å². The van der Waals surface area contributed by atoms with E-state index in [9.17, 15) is 9.90 Å². The van der Waals surface area contributed by atoms with Crippen molar-refractivity contribution in [2.75, 3.05) is 0 Å². The first kappa shape index (κ1) is 22.6. The minimum atomic E-state index is -0.433. The van der Waals surface area contributed by atoms with Crippen molar-refractivity contribution in [1.82, 2.24) is 0 Å². The predicted molar refractivity (Wildman–Crippen MR) is 115 cm³/mol. The first-order chi connectivity index (χ1) is 13.6. The van der Waals surface area contributed by atoms with Gasteiger partial charge in [-0.15, -0.1) is 0 Å². The van der Waals surface area contributed by atoms with E-state index in [-0.39, 0.29) is 41.2 Å². The number of ketones is 1. The molecule has 0 saturated carbocycles. The predicted octanol–water partition coefficient (Wildman–Crippen LogP) is 5.74. The highest BCUT2D eigenvalue weighted by Gasteiger charge is 2.25. The summed E-state index contributed by atoms with van der Waals surface area (Å²) in [6.07, 6.45) is -0.176. The Hall–Kier alpha value is -2.69. The topological polar surface area (TPSA) is 65.0 Å². The van der Waals surface area contributed by atoms with E-state index in [1.54, 1.807) is 12.1 Å². The van der Waals surface area contributed by atoms with E-state index < -0.39 is 5.92 Å². The number of rotatable bonds is 9. The summed E-state index contributed by atoms with van der Waals surface area (Å²) in [6, 6.07) is 10.7. The lowest BCUT2D eigenvalue weighted by molar-refractivity contribution is 0.0961. The lowest BCUT2D eigenvalue weighted by Crippen LogP contribution is -2.14. The number of phenolic OH excluding ortho intramolecular Hbond substituents is 1. The molecular formula is C24H32O5. The Balaban J connectivity index is 2.33. The third-order valence-electron chi connectivity index (χ3n) is 4.22. The van der Waals surface area contributed by atoms with Crippen LogP contribution in [0.4, 0.5) is 0 Å². The average Bonchev–Trinajstić information content (AvgIpc) is 2.63. The van der Waals surface area contributed by atoms with Crippen LogP contribution >= 0.6 is 0 Å². The number of carbonyl (C=O) groups excluding carboxylic acids is 1. The molecule has 0 bridgehead atoms. The number of carbonyl (C=O) groups is 1. The van der Waals surface area contributed by atoms with Crippen molar-refractivity contribution in [3.8, 4) is 23.0 Å². The lowest BCUT2D eigenvalue weighted by atomic mass is 9.91. The van der Waals surface area contributed by atoms with Gasteiger partial charge in [0.2, 0.25) is 5.75 Å². The van der Waals surface area contributed by atoms with Gasteiger partial charge in [-0.05, 0) is 71.4 Å². The van der Waals surface area contributed by atoms with Gasteiger partial charge < -0.3 is 19.3 Å². The molecule has 0 amide bonds. The van der Waals surface area contributed by atoms with Crippen LogP contribution in [0.2, 0.25) is 0 Å². The molecule has 158 valence electrons.